The predicted octanol–water partition coefficient (Wildman–Crippen LogP) is 0.733. The molecule has 0 fully saturated rings. The molecule has 0 saturated carbocycles. The van der Waals surface area contributed by atoms with Crippen molar-refractivity contribution in [3.05, 3.63) is 29.2 Å². The van der Waals surface area contributed by atoms with Gasteiger partial charge in [0.25, 0.3) is 0 Å². The Hall–Kier alpha value is -2.42. The number of nitrogens with zero attached hydrogens (tertiary/aromatic N) is 5. The number of hydrogen-bond acceptors (Lipinski definition) is 5. The lowest BCUT2D eigenvalue weighted by molar-refractivity contribution is 0.796. The van der Waals surface area contributed by atoms with Crippen molar-refractivity contribution in [1.82, 2.24) is 20.0 Å². The Morgan fingerprint density at radius 1 is 1.38 bits per heavy atom. The topological polar surface area (TPSA) is 93.4 Å². The molecule has 0 saturated heterocycles. The van der Waals surface area contributed by atoms with Gasteiger partial charge in [-0.25, -0.2) is 4.68 Å². The number of aryl methyl sites for hydroxylation is 1. The molecule has 2 aromatic rings. The van der Waals surface area contributed by atoms with Crippen molar-refractivity contribution in [2.45, 2.75) is 13.8 Å². The van der Waals surface area contributed by atoms with E-state index in [0.29, 0.717) is 17.1 Å². The lowest BCUT2D eigenvalue weighted by Crippen LogP contribution is -2.07. The first-order valence-corrected chi connectivity index (χ1v) is 4.68. The first-order chi connectivity index (χ1) is 7.63. The van der Waals surface area contributed by atoms with E-state index in [1.165, 1.54) is 10.9 Å². The van der Waals surface area contributed by atoms with E-state index in [4.69, 9.17) is 11.0 Å². The number of anilines is 1. The van der Waals surface area contributed by atoms with Crippen LogP contribution in [0.1, 0.15) is 16.8 Å². The lowest BCUT2D eigenvalue weighted by atomic mass is 10.1. The summed E-state index contributed by atoms with van der Waals surface area (Å²) >= 11 is 0. The summed E-state index contributed by atoms with van der Waals surface area (Å²) in [7, 11) is 0. The van der Waals surface area contributed by atoms with E-state index in [-0.39, 0.29) is 0 Å². The summed E-state index contributed by atoms with van der Waals surface area (Å²) in [6.07, 6.45) is 3.09. The number of hydrogen-bond donors (Lipinski definition) is 1. The van der Waals surface area contributed by atoms with Gasteiger partial charge in [0.15, 0.2) is 5.82 Å². The van der Waals surface area contributed by atoms with Gasteiger partial charge < -0.3 is 5.73 Å². The molecule has 2 heterocycles. The van der Waals surface area contributed by atoms with Crippen molar-refractivity contribution in [2.24, 2.45) is 0 Å². The molecule has 2 aromatic heterocycles. The largest absolute Gasteiger partial charge is 0.396 e. The monoisotopic (exact) mass is 214 g/mol. The Bertz CT molecular complexity index is 577. The molecule has 16 heavy (non-hydrogen) atoms. The van der Waals surface area contributed by atoms with Gasteiger partial charge in [-0.05, 0) is 19.4 Å². The van der Waals surface area contributed by atoms with Crippen LogP contribution in [0.4, 0.5) is 5.69 Å². The third kappa shape index (κ3) is 1.48. The summed E-state index contributed by atoms with van der Waals surface area (Å²) in [4.78, 5) is 0. The van der Waals surface area contributed by atoms with Crippen LogP contribution in [0.25, 0.3) is 5.82 Å². The second kappa shape index (κ2) is 3.62. The van der Waals surface area contributed by atoms with Crippen LogP contribution in [0, 0.1) is 25.2 Å². The third-order valence-electron chi connectivity index (χ3n) is 2.37. The predicted molar refractivity (Wildman–Crippen MR) is 57.8 cm³/mol. The number of nitrogens with two attached hydrogens (primary N) is 1. The minimum atomic E-state index is 0.405. The van der Waals surface area contributed by atoms with Crippen LogP contribution in [0.15, 0.2) is 12.4 Å². The van der Waals surface area contributed by atoms with E-state index in [0.717, 1.165) is 11.3 Å². The van der Waals surface area contributed by atoms with Crippen molar-refractivity contribution < 1.29 is 0 Å². The van der Waals surface area contributed by atoms with Gasteiger partial charge in [-0.1, -0.05) is 0 Å². The molecule has 2 N–H and O–H groups in total. The van der Waals surface area contributed by atoms with Crippen molar-refractivity contribution >= 4 is 5.69 Å². The van der Waals surface area contributed by atoms with Gasteiger partial charge in [0.1, 0.15) is 11.6 Å². The van der Waals surface area contributed by atoms with Gasteiger partial charge in [-0.3, -0.25) is 0 Å². The van der Waals surface area contributed by atoms with Gasteiger partial charge in [-0.15, -0.1) is 5.10 Å². The summed E-state index contributed by atoms with van der Waals surface area (Å²) in [5.41, 5.74) is 8.09. The van der Waals surface area contributed by atoms with E-state index in [1.54, 1.807) is 6.20 Å². The first-order valence-electron chi connectivity index (χ1n) is 4.68. The molecule has 0 bridgehead atoms. The quantitative estimate of drug-likeness (QED) is 0.755. The molecule has 0 spiro atoms. The van der Waals surface area contributed by atoms with Crippen molar-refractivity contribution in [3.8, 4) is 11.9 Å². The highest BCUT2D eigenvalue weighted by atomic mass is 15.3. The molecule has 0 radical (unpaired) electrons. The molecule has 6 heteroatoms. The summed E-state index contributed by atoms with van der Waals surface area (Å²) < 4.78 is 1.45. The number of rotatable bonds is 1. The normalized spacial score (nSPS) is 10.1. The van der Waals surface area contributed by atoms with Crippen LogP contribution in [0.5, 0.6) is 0 Å². The molecular formula is C10H10N6. The minimum Gasteiger partial charge on any atom is -0.396 e. The van der Waals surface area contributed by atoms with Crippen LogP contribution >= 0.6 is 0 Å². The lowest BCUT2D eigenvalue weighted by Gasteiger charge is -2.06. The zero-order valence-corrected chi connectivity index (χ0v) is 8.97. The van der Waals surface area contributed by atoms with Crippen molar-refractivity contribution in [3.63, 3.8) is 0 Å². The van der Waals surface area contributed by atoms with Crippen LogP contribution < -0.4 is 5.73 Å². The average molecular weight is 214 g/mol. The highest BCUT2D eigenvalue weighted by Gasteiger charge is 2.12. The van der Waals surface area contributed by atoms with Gasteiger partial charge in [0.05, 0.1) is 23.8 Å². The van der Waals surface area contributed by atoms with Crippen LogP contribution in [0.3, 0.4) is 0 Å². The fraction of sp³-hybridized carbons (Fsp3) is 0.200. The third-order valence-corrected chi connectivity index (χ3v) is 2.37. The van der Waals surface area contributed by atoms with Crippen molar-refractivity contribution in [1.29, 1.82) is 5.26 Å². The number of nitriles is 1. The maximum absolute atomic E-state index is 9.10. The van der Waals surface area contributed by atoms with E-state index in [2.05, 4.69) is 21.4 Å². The zero-order valence-electron chi connectivity index (χ0n) is 8.97. The van der Waals surface area contributed by atoms with Crippen LogP contribution in [0.2, 0.25) is 0 Å². The standard InChI is InChI=1S/C10H10N6/c1-6-7(2)14-15-10(9(6)3-11)16-5-8(12)4-13-16/h4-5H,12H2,1-2H3. The summed E-state index contributed by atoms with van der Waals surface area (Å²) in [5.74, 6) is 0.405. The van der Waals surface area contributed by atoms with Gasteiger partial charge in [0, 0.05) is 0 Å². The summed E-state index contributed by atoms with van der Waals surface area (Å²) in [6, 6.07) is 2.11. The fourth-order valence-corrected chi connectivity index (χ4v) is 1.34. The molecule has 0 aliphatic carbocycles. The molecular weight excluding hydrogens is 204 g/mol. The van der Waals surface area contributed by atoms with Crippen LogP contribution in [-0.4, -0.2) is 20.0 Å². The van der Waals surface area contributed by atoms with E-state index >= 15 is 0 Å². The molecule has 0 aromatic carbocycles. The van der Waals surface area contributed by atoms with Gasteiger partial charge in [0.2, 0.25) is 0 Å². The number of nitrogen functional groups attached to an aromatic ring is 1. The Labute approximate surface area is 92.3 Å². The fourth-order valence-electron chi connectivity index (χ4n) is 1.34. The van der Waals surface area contributed by atoms with E-state index in [9.17, 15) is 0 Å². The summed E-state index contributed by atoms with van der Waals surface area (Å²) in [5, 5.41) is 21.0. The number of aromatic nitrogens is 4. The Kier molecular flexibility index (Phi) is 2.29. The molecule has 0 unspecified atom stereocenters. The summed E-state index contributed by atoms with van der Waals surface area (Å²) in [6.45, 7) is 3.64. The Balaban J connectivity index is 2.67. The highest BCUT2D eigenvalue weighted by Crippen LogP contribution is 2.16. The van der Waals surface area contributed by atoms with E-state index < -0.39 is 0 Å². The highest BCUT2D eigenvalue weighted by molar-refractivity contribution is 5.49. The van der Waals surface area contributed by atoms with Gasteiger partial charge >= 0.3 is 0 Å². The zero-order chi connectivity index (χ0) is 11.7. The molecule has 0 amide bonds. The molecule has 6 nitrogen and oxygen atoms in total. The van der Waals surface area contributed by atoms with Crippen molar-refractivity contribution in [2.75, 3.05) is 5.73 Å². The van der Waals surface area contributed by atoms with E-state index in [1.807, 2.05) is 13.8 Å². The molecule has 0 atom stereocenters. The first kappa shape index (κ1) is 10.1. The molecule has 80 valence electrons. The SMILES string of the molecule is Cc1nnc(-n2cc(N)cn2)c(C#N)c1C. The molecule has 0 aliphatic rings. The van der Waals surface area contributed by atoms with Gasteiger partial charge in [-0.2, -0.15) is 15.5 Å². The maximum Gasteiger partial charge on any atom is 0.193 e. The average Bonchev–Trinajstić information content (AvgIpc) is 2.68. The second-order valence-electron chi connectivity index (χ2n) is 3.44. The molecule has 0 aliphatic heterocycles. The maximum atomic E-state index is 9.10. The Morgan fingerprint density at radius 3 is 2.69 bits per heavy atom. The Morgan fingerprint density at radius 2 is 2.12 bits per heavy atom. The molecule has 2 rings (SSSR count). The van der Waals surface area contributed by atoms with Crippen LogP contribution in [-0.2, 0) is 0 Å². The minimum absolute atomic E-state index is 0.405. The smallest absolute Gasteiger partial charge is 0.193 e. The second-order valence-corrected chi connectivity index (χ2v) is 3.44.